The first-order chi connectivity index (χ1) is 9.63. The fourth-order valence-corrected chi connectivity index (χ4v) is 1.81. The Labute approximate surface area is 118 Å². The first-order valence-electron chi connectivity index (χ1n) is 6.60. The van der Waals surface area contributed by atoms with Crippen molar-refractivity contribution in [3.63, 3.8) is 0 Å². The molecule has 2 amide bonds. The largest absolute Gasteiger partial charge is 0.309 e. The Bertz CT molecular complexity index is 564. The van der Waals surface area contributed by atoms with Gasteiger partial charge in [0, 0.05) is 6.42 Å². The van der Waals surface area contributed by atoms with E-state index in [0.29, 0.717) is 12.1 Å². The van der Waals surface area contributed by atoms with E-state index in [-0.39, 0.29) is 23.2 Å². The van der Waals surface area contributed by atoms with Crippen molar-refractivity contribution >= 4 is 23.3 Å². The standard InChI is InChI=1S/C15H17N3O2/c1-3-4-10-13(19)16-14-11(2)15(20)18(17-14)12-8-6-5-7-9-12/h5-9H,2-4,10H2,1H3,(H,16,17,19). The number of rotatable bonds is 4. The molecule has 5 heteroatoms. The van der Waals surface area contributed by atoms with Crippen LogP contribution >= 0.6 is 0 Å². The quantitative estimate of drug-likeness (QED) is 0.853. The summed E-state index contributed by atoms with van der Waals surface area (Å²) < 4.78 is 0. The van der Waals surface area contributed by atoms with Crippen LogP contribution in [0.15, 0.2) is 47.6 Å². The molecule has 1 N–H and O–H groups in total. The Kier molecular flexibility index (Phi) is 4.30. The Morgan fingerprint density at radius 2 is 2.05 bits per heavy atom. The highest BCUT2D eigenvalue weighted by Gasteiger charge is 2.30. The molecule has 104 valence electrons. The maximum Gasteiger partial charge on any atom is 0.281 e. The Morgan fingerprint density at radius 1 is 1.35 bits per heavy atom. The monoisotopic (exact) mass is 271 g/mol. The van der Waals surface area contributed by atoms with Gasteiger partial charge in [-0.25, -0.2) is 0 Å². The summed E-state index contributed by atoms with van der Waals surface area (Å²) in [6.07, 6.45) is 2.17. The van der Waals surface area contributed by atoms with E-state index in [4.69, 9.17) is 0 Å². The molecular formula is C15H17N3O2. The van der Waals surface area contributed by atoms with Crippen LogP contribution in [0.4, 0.5) is 5.69 Å². The van der Waals surface area contributed by atoms with Gasteiger partial charge in [-0.1, -0.05) is 38.1 Å². The van der Waals surface area contributed by atoms with Crippen LogP contribution in [0.5, 0.6) is 0 Å². The second-order valence-electron chi connectivity index (χ2n) is 4.53. The molecule has 5 nitrogen and oxygen atoms in total. The number of amidine groups is 1. The second-order valence-corrected chi connectivity index (χ2v) is 4.53. The summed E-state index contributed by atoms with van der Waals surface area (Å²) in [7, 11) is 0. The summed E-state index contributed by atoms with van der Waals surface area (Å²) >= 11 is 0. The molecule has 0 spiro atoms. The maximum absolute atomic E-state index is 12.1. The molecule has 2 rings (SSSR count). The summed E-state index contributed by atoms with van der Waals surface area (Å²) in [5.41, 5.74) is 0.857. The zero-order chi connectivity index (χ0) is 14.5. The van der Waals surface area contributed by atoms with Crippen molar-refractivity contribution < 1.29 is 9.59 Å². The van der Waals surface area contributed by atoms with Gasteiger partial charge in [0.1, 0.15) is 0 Å². The highest BCUT2D eigenvalue weighted by atomic mass is 16.2. The smallest absolute Gasteiger partial charge is 0.281 e. The van der Waals surface area contributed by atoms with Gasteiger partial charge in [-0.15, -0.1) is 5.10 Å². The lowest BCUT2D eigenvalue weighted by molar-refractivity contribution is -0.119. The fraction of sp³-hybridized carbons (Fsp3) is 0.267. The number of unbranched alkanes of at least 4 members (excludes halogenated alkanes) is 1. The van der Waals surface area contributed by atoms with Crippen molar-refractivity contribution in [3.05, 3.63) is 42.5 Å². The van der Waals surface area contributed by atoms with E-state index >= 15 is 0 Å². The molecule has 1 aromatic carbocycles. The van der Waals surface area contributed by atoms with Crippen molar-refractivity contribution in [2.75, 3.05) is 5.01 Å². The lowest BCUT2D eigenvalue weighted by atomic mass is 10.2. The second kappa shape index (κ2) is 6.14. The van der Waals surface area contributed by atoms with Gasteiger partial charge in [0.2, 0.25) is 5.91 Å². The zero-order valence-electron chi connectivity index (χ0n) is 11.4. The molecule has 0 unspecified atom stereocenters. The lowest BCUT2D eigenvalue weighted by Crippen LogP contribution is -2.30. The van der Waals surface area contributed by atoms with Crippen molar-refractivity contribution in [2.45, 2.75) is 26.2 Å². The highest BCUT2D eigenvalue weighted by molar-refractivity contribution is 6.31. The van der Waals surface area contributed by atoms with Gasteiger partial charge in [0.15, 0.2) is 5.84 Å². The van der Waals surface area contributed by atoms with E-state index in [0.717, 1.165) is 12.8 Å². The van der Waals surface area contributed by atoms with Gasteiger partial charge < -0.3 is 5.32 Å². The number of carbonyl (C=O) groups excluding carboxylic acids is 2. The molecule has 0 aromatic heterocycles. The van der Waals surface area contributed by atoms with Crippen LogP contribution in [0, 0.1) is 0 Å². The number of hydrazone groups is 1. The number of hydrogen-bond donors (Lipinski definition) is 1. The summed E-state index contributed by atoms with van der Waals surface area (Å²) in [6.45, 7) is 5.70. The van der Waals surface area contributed by atoms with Gasteiger partial charge in [-0.2, -0.15) is 5.01 Å². The zero-order valence-corrected chi connectivity index (χ0v) is 11.4. The first-order valence-corrected chi connectivity index (χ1v) is 6.60. The minimum atomic E-state index is -0.318. The molecule has 0 atom stereocenters. The molecule has 0 saturated heterocycles. The number of anilines is 1. The van der Waals surface area contributed by atoms with Crippen LogP contribution in [-0.2, 0) is 9.59 Å². The number of benzene rings is 1. The summed E-state index contributed by atoms with van der Waals surface area (Å²) in [5.74, 6) is -0.226. The Hall–Kier alpha value is -2.43. The minimum absolute atomic E-state index is 0.144. The normalized spacial score (nSPS) is 14.4. The third kappa shape index (κ3) is 2.93. The summed E-state index contributed by atoms with van der Waals surface area (Å²) in [4.78, 5) is 23.8. The number of hydrogen-bond acceptors (Lipinski definition) is 3. The number of nitrogens with zero attached hydrogens (tertiary/aromatic N) is 2. The maximum atomic E-state index is 12.1. The highest BCUT2D eigenvalue weighted by Crippen LogP contribution is 2.21. The van der Waals surface area contributed by atoms with Gasteiger partial charge in [0.25, 0.3) is 5.91 Å². The molecule has 0 saturated carbocycles. The number of para-hydroxylation sites is 1. The molecule has 0 radical (unpaired) electrons. The van der Waals surface area contributed by atoms with Crippen LogP contribution < -0.4 is 10.3 Å². The fourth-order valence-electron chi connectivity index (χ4n) is 1.81. The molecule has 0 aliphatic carbocycles. The van der Waals surface area contributed by atoms with Gasteiger partial charge in [0.05, 0.1) is 11.3 Å². The molecule has 20 heavy (non-hydrogen) atoms. The van der Waals surface area contributed by atoms with E-state index in [1.165, 1.54) is 5.01 Å². The number of amides is 2. The number of nitrogens with one attached hydrogen (secondary N) is 1. The average Bonchev–Trinajstić information content (AvgIpc) is 2.74. The first kappa shape index (κ1) is 14.0. The van der Waals surface area contributed by atoms with Gasteiger partial charge >= 0.3 is 0 Å². The summed E-state index contributed by atoms with van der Waals surface area (Å²) in [6, 6.07) is 9.04. The van der Waals surface area contributed by atoms with E-state index in [1.54, 1.807) is 12.1 Å². The van der Waals surface area contributed by atoms with Gasteiger partial charge in [-0.3, -0.25) is 9.59 Å². The van der Waals surface area contributed by atoms with E-state index in [9.17, 15) is 9.59 Å². The van der Waals surface area contributed by atoms with Crippen LogP contribution in [0.1, 0.15) is 26.2 Å². The molecule has 1 heterocycles. The van der Waals surface area contributed by atoms with Crippen molar-refractivity contribution in [2.24, 2.45) is 5.10 Å². The predicted molar refractivity (Wildman–Crippen MR) is 78.2 cm³/mol. The third-order valence-electron chi connectivity index (χ3n) is 2.95. The van der Waals surface area contributed by atoms with E-state index in [2.05, 4.69) is 17.0 Å². The Morgan fingerprint density at radius 3 is 2.70 bits per heavy atom. The van der Waals surface area contributed by atoms with Crippen LogP contribution in [0.3, 0.4) is 0 Å². The van der Waals surface area contributed by atoms with Crippen LogP contribution in [0.2, 0.25) is 0 Å². The Balaban J connectivity index is 2.12. The van der Waals surface area contributed by atoms with Crippen molar-refractivity contribution in [3.8, 4) is 0 Å². The molecule has 0 bridgehead atoms. The molecule has 1 aromatic rings. The minimum Gasteiger partial charge on any atom is -0.309 e. The predicted octanol–water partition coefficient (Wildman–Crippen LogP) is 2.21. The van der Waals surface area contributed by atoms with Crippen molar-refractivity contribution in [1.82, 2.24) is 5.32 Å². The SMILES string of the molecule is C=C1C(=O)N(c2ccccc2)N=C1NC(=O)CCCC. The lowest BCUT2D eigenvalue weighted by Gasteiger charge is -2.10. The van der Waals surface area contributed by atoms with Crippen LogP contribution in [0.25, 0.3) is 0 Å². The topological polar surface area (TPSA) is 61.8 Å². The number of carbonyl (C=O) groups is 2. The van der Waals surface area contributed by atoms with Crippen molar-refractivity contribution in [1.29, 1.82) is 0 Å². The third-order valence-corrected chi connectivity index (χ3v) is 2.95. The van der Waals surface area contributed by atoms with Crippen LogP contribution in [-0.4, -0.2) is 17.6 Å². The molecule has 1 aliphatic heterocycles. The molecule has 1 aliphatic rings. The summed E-state index contributed by atoms with van der Waals surface area (Å²) in [5, 5.41) is 8.03. The average molecular weight is 271 g/mol. The van der Waals surface area contributed by atoms with E-state index < -0.39 is 0 Å². The van der Waals surface area contributed by atoms with Gasteiger partial charge in [-0.05, 0) is 18.6 Å². The van der Waals surface area contributed by atoms with E-state index in [1.807, 2.05) is 25.1 Å². The molecular weight excluding hydrogens is 254 g/mol. The molecule has 0 fully saturated rings.